The standard InChI is InChI=1S/C12H12F2N2O5/c1-5(2)10(12(18)19)15-11(17)6-3-7(13)8(14)4-9(6)16(20)21/h3-5,10H,1-2H3,(H,15,17)(H,18,19)/t10-/m0/s1. The molecule has 1 rings (SSSR count). The van der Waals surface area contributed by atoms with Crippen molar-refractivity contribution in [1.82, 2.24) is 5.32 Å². The Morgan fingerprint density at radius 3 is 2.24 bits per heavy atom. The summed E-state index contributed by atoms with van der Waals surface area (Å²) in [6.45, 7) is 3.03. The molecule has 0 aliphatic carbocycles. The van der Waals surface area contributed by atoms with Gasteiger partial charge in [0.2, 0.25) is 0 Å². The molecule has 0 spiro atoms. The van der Waals surface area contributed by atoms with Gasteiger partial charge in [-0.2, -0.15) is 0 Å². The lowest BCUT2D eigenvalue weighted by Gasteiger charge is -2.17. The predicted molar refractivity (Wildman–Crippen MR) is 66.7 cm³/mol. The number of nitro benzene ring substituents is 1. The molecule has 1 atom stereocenters. The molecule has 1 amide bonds. The van der Waals surface area contributed by atoms with Crippen LogP contribution in [0.25, 0.3) is 0 Å². The number of carboxylic acid groups (broad SMARTS) is 1. The zero-order valence-electron chi connectivity index (χ0n) is 11.1. The van der Waals surface area contributed by atoms with E-state index < -0.39 is 51.6 Å². The van der Waals surface area contributed by atoms with Crippen LogP contribution in [0.4, 0.5) is 14.5 Å². The number of nitrogens with zero attached hydrogens (tertiary/aromatic N) is 1. The first-order valence-electron chi connectivity index (χ1n) is 5.82. The maximum atomic E-state index is 13.1. The smallest absolute Gasteiger partial charge is 0.326 e. The Morgan fingerprint density at radius 2 is 1.81 bits per heavy atom. The summed E-state index contributed by atoms with van der Waals surface area (Å²) < 4.78 is 26.1. The van der Waals surface area contributed by atoms with Crippen LogP contribution >= 0.6 is 0 Å². The highest BCUT2D eigenvalue weighted by molar-refractivity contribution is 6.00. The fourth-order valence-corrected chi connectivity index (χ4v) is 1.60. The number of amides is 1. The minimum absolute atomic E-state index is 0.273. The highest BCUT2D eigenvalue weighted by Gasteiger charge is 2.29. The Bertz CT molecular complexity index is 604. The number of nitro groups is 1. The van der Waals surface area contributed by atoms with Crippen molar-refractivity contribution >= 4 is 17.6 Å². The molecule has 1 aromatic carbocycles. The SMILES string of the molecule is CC(C)[C@H](NC(=O)c1cc(F)c(F)cc1[N+](=O)[O-])C(=O)O. The minimum atomic E-state index is -1.48. The summed E-state index contributed by atoms with van der Waals surface area (Å²) in [5.74, 6) is -5.93. The van der Waals surface area contributed by atoms with Crippen molar-refractivity contribution in [3.05, 3.63) is 39.4 Å². The maximum Gasteiger partial charge on any atom is 0.326 e. The van der Waals surface area contributed by atoms with Crippen LogP contribution in [0.5, 0.6) is 0 Å². The molecule has 0 fully saturated rings. The van der Waals surface area contributed by atoms with E-state index in [2.05, 4.69) is 0 Å². The fraction of sp³-hybridized carbons (Fsp3) is 0.333. The molecule has 0 radical (unpaired) electrons. The van der Waals surface area contributed by atoms with Gasteiger partial charge in [-0.15, -0.1) is 0 Å². The second-order valence-corrected chi connectivity index (χ2v) is 4.57. The highest BCUT2D eigenvalue weighted by Crippen LogP contribution is 2.22. The summed E-state index contributed by atoms with van der Waals surface area (Å²) in [6, 6.07) is -0.678. The number of hydrogen-bond donors (Lipinski definition) is 2. The number of hydrogen-bond acceptors (Lipinski definition) is 4. The van der Waals surface area contributed by atoms with Crippen LogP contribution in [-0.2, 0) is 4.79 Å². The molecule has 0 heterocycles. The average Bonchev–Trinajstić information content (AvgIpc) is 2.37. The molecule has 2 N–H and O–H groups in total. The van der Waals surface area contributed by atoms with Crippen molar-refractivity contribution in [2.45, 2.75) is 19.9 Å². The van der Waals surface area contributed by atoms with E-state index in [1.54, 1.807) is 0 Å². The van der Waals surface area contributed by atoms with Gasteiger partial charge in [0.05, 0.1) is 11.0 Å². The molecule has 114 valence electrons. The van der Waals surface area contributed by atoms with E-state index in [0.717, 1.165) is 0 Å². The van der Waals surface area contributed by atoms with E-state index in [1.807, 2.05) is 5.32 Å². The van der Waals surface area contributed by atoms with Crippen molar-refractivity contribution < 1.29 is 28.4 Å². The van der Waals surface area contributed by atoms with Gasteiger partial charge in [0.15, 0.2) is 11.6 Å². The molecular weight excluding hydrogens is 290 g/mol. The van der Waals surface area contributed by atoms with Crippen LogP contribution in [0.1, 0.15) is 24.2 Å². The van der Waals surface area contributed by atoms with E-state index in [1.165, 1.54) is 13.8 Å². The number of carboxylic acids is 1. The molecule has 0 aliphatic heterocycles. The third kappa shape index (κ3) is 3.71. The average molecular weight is 302 g/mol. The maximum absolute atomic E-state index is 13.1. The summed E-state index contributed by atoms with van der Waals surface area (Å²) in [7, 11) is 0. The van der Waals surface area contributed by atoms with Crippen molar-refractivity contribution in [3.8, 4) is 0 Å². The first-order valence-corrected chi connectivity index (χ1v) is 5.82. The number of halogens is 2. The molecule has 7 nitrogen and oxygen atoms in total. The Labute approximate surface area is 117 Å². The van der Waals surface area contributed by atoms with E-state index in [9.17, 15) is 28.5 Å². The number of aliphatic carboxylic acids is 1. The van der Waals surface area contributed by atoms with Crippen LogP contribution in [0.15, 0.2) is 12.1 Å². The zero-order valence-corrected chi connectivity index (χ0v) is 11.1. The molecule has 1 aromatic rings. The Morgan fingerprint density at radius 1 is 1.29 bits per heavy atom. The van der Waals surface area contributed by atoms with Gasteiger partial charge in [0, 0.05) is 0 Å². The van der Waals surface area contributed by atoms with Gasteiger partial charge in [-0.05, 0) is 12.0 Å². The van der Waals surface area contributed by atoms with Crippen molar-refractivity contribution in [2.24, 2.45) is 5.92 Å². The monoisotopic (exact) mass is 302 g/mol. The first kappa shape index (κ1) is 16.5. The molecule has 0 aromatic heterocycles. The normalized spacial score (nSPS) is 12.0. The minimum Gasteiger partial charge on any atom is -0.480 e. The number of benzene rings is 1. The zero-order chi connectivity index (χ0) is 16.3. The van der Waals surface area contributed by atoms with Crippen molar-refractivity contribution in [2.75, 3.05) is 0 Å². The van der Waals surface area contributed by atoms with Gasteiger partial charge in [-0.1, -0.05) is 13.8 Å². The van der Waals surface area contributed by atoms with Crippen molar-refractivity contribution in [1.29, 1.82) is 0 Å². The Hall–Kier alpha value is -2.58. The van der Waals surface area contributed by atoms with Gasteiger partial charge in [0.1, 0.15) is 11.6 Å². The molecule has 0 saturated heterocycles. The van der Waals surface area contributed by atoms with Gasteiger partial charge >= 0.3 is 5.97 Å². The number of nitrogens with one attached hydrogen (secondary N) is 1. The molecule has 9 heteroatoms. The molecule has 0 aliphatic rings. The number of carbonyl (C=O) groups is 2. The van der Waals surface area contributed by atoms with E-state index >= 15 is 0 Å². The van der Waals surface area contributed by atoms with Crippen LogP contribution in [0.2, 0.25) is 0 Å². The van der Waals surface area contributed by atoms with E-state index in [-0.39, 0.29) is 6.07 Å². The largest absolute Gasteiger partial charge is 0.480 e. The quantitative estimate of drug-likeness (QED) is 0.635. The van der Waals surface area contributed by atoms with E-state index in [4.69, 9.17) is 5.11 Å². The Balaban J connectivity index is 3.21. The lowest BCUT2D eigenvalue weighted by Crippen LogP contribution is -2.44. The van der Waals surface area contributed by atoms with Gasteiger partial charge in [-0.25, -0.2) is 13.6 Å². The summed E-state index contributed by atoms with van der Waals surface area (Å²) in [5, 5.41) is 21.7. The second kappa shape index (κ2) is 6.25. The molecule has 0 unspecified atom stereocenters. The fourth-order valence-electron chi connectivity index (χ4n) is 1.60. The topological polar surface area (TPSA) is 110 Å². The Kier molecular flexibility index (Phi) is 4.90. The molecule has 0 saturated carbocycles. The van der Waals surface area contributed by atoms with Crippen LogP contribution in [0.3, 0.4) is 0 Å². The predicted octanol–water partition coefficient (Wildman–Crippen LogP) is 1.71. The van der Waals surface area contributed by atoms with Gasteiger partial charge < -0.3 is 10.4 Å². The molecular formula is C12H12F2N2O5. The summed E-state index contributed by atoms with van der Waals surface area (Å²) in [5.41, 5.74) is -1.69. The summed E-state index contributed by atoms with van der Waals surface area (Å²) in [6.07, 6.45) is 0. The third-order valence-corrected chi connectivity index (χ3v) is 2.70. The van der Waals surface area contributed by atoms with Gasteiger partial charge in [-0.3, -0.25) is 14.9 Å². The molecule has 21 heavy (non-hydrogen) atoms. The van der Waals surface area contributed by atoms with Crippen molar-refractivity contribution in [3.63, 3.8) is 0 Å². The lowest BCUT2D eigenvalue weighted by atomic mass is 10.0. The molecule has 0 bridgehead atoms. The highest BCUT2D eigenvalue weighted by atomic mass is 19.2. The van der Waals surface area contributed by atoms with Gasteiger partial charge in [0.25, 0.3) is 11.6 Å². The lowest BCUT2D eigenvalue weighted by molar-refractivity contribution is -0.385. The first-order chi connectivity index (χ1) is 9.65. The second-order valence-electron chi connectivity index (χ2n) is 4.57. The number of carbonyl (C=O) groups excluding carboxylic acids is 1. The van der Waals surface area contributed by atoms with Crippen LogP contribution in [-0.4, -0.2) is 27.9 Å². The van der Waals surface area contributed by atoms with E-state index in [0.29, 0.717) is 6.07 Å². The summed E-state index contributed by atoms with van der Waals surface area (Å²) in [4.78, 5) is 32.6. The van der Waals surface area contributed by atoms with Crippen LogP contribution < -0.4 is 5.32 Å². The third-order valence-electron chi connectivity index (χ3n) is 2.70. The summed E-state index contributed by atoms with van der Waals surface area (Å²) >= 11 is 0. The number of rotatable bonds is 5. The van der Waals surface area contributed by atoms with Crippen LogP contribution in [0, 0.1) is 27.7 Å².